The van der Waals surface area contributed by atoms with Gasteiger partial charge in [-0.05, 0) is 42.0 Å². The van der Waals surface area contributed by atoms with Gasteiger partial charge in [-0.25, -0.2) is 0 Å². The van der Waals surface area contributed by atoms with Crippen molar-refractivity contribution in [3.8, 4) is 0 Å². The minimum atomic E-state index is -0.792. The normalized spacial score (nSPS) is 29.0. The molecule has 4 atom stereocenters. The van der Waals surface area contributed by atoms with E-state index >= 15 is 0 Å². The molecule has 0 aromatic heterocycles. The zero-order valence-corrected chi connectivity index (χ0v) is 13.7. The highest BCUT2D eigenvalue weighted by atomic mass is 16.4. The Kier molecular flexibility index (Phi) is 3.56. The number of aliphatic carboxylic acids is 1. The average Bonchev–Trinajstić information content (AvgIpc) is 3.28. The minimum Gasteiger partial charge on any atom is -0.481 e. The molecular weight excluding hydrogens is 302 g/mol. The van der Waals surface area contributed by atoms with E-state index in [0.717, 1.165) is 6.42 Å². The monoisotopic (exact) mass is 323 g/mol. The minimum absolute atomic E-state index is 0.00537. The van der Waals surface area contributed by atoms with Crippen molar-refractivity contribution in [2.45, 2.75) is 31.7 Å². The van der Waals surface area contributed by atoms with Crippen LogP contribution >= 0.6 is 0 Å². The largest absolute Gasteiger partial charge is 0.481 e. The molecule has 0 spiro atoms. The highest BCUT2D eigenvalue weighted by molar-refractivity contribution is 5.90. The van der Waals surface area contributed by atoms with Crippen molar-refractivity contribution < 1.29 is 14.7 Å². The van der Waals surface area contributed by atoms with Crippen molar-refractivity contribution >= 4 is 22.6 Å². The Balaban J connectivity index is 1.54. The summed E-state index contributed by atoms with van der Waals surface area (Å²) in [6.45, 7) is 2.43. The number of rotatable bonds is 3. The predicted octanol–water partition coefficient (Wildman–Crippen LogP) is 3.26. The zero-order chi connectivity index (χ0) is 16.8. The molecule has 1 aliphatic carbocycles. The van der Waals surface area contributed by atoms with Crippen molar-refractivity contribution in [1.82, 2.24) is 4.90 Å². The van der Waals surface area contributed by atoms with E-state index in [1.54, 1.807) is 4.90 Å². The number of benzene rings is 2. The lowest BCUT2D eigenvalue weighted by atomic mass is 9.99. The second kappa shape index (κ2) is 5.62. The molecule has 1 aliphatic heterocycles. The van der Waals surface area contributed by atoms with Gasteiger partial charge in [0.25, 0.3) is 0 Å². The van der Waals surface area contributed by atoms with Gasteiger partial charge < -0.3 is 10.0 Å². The van der Waals surface area contributed by atoms with Crippen LogP contribution < -0.4 is 0 Å². The lowest BCUT2D eigenvalue weighted by Gasteiger charge is -2.23. The van der Waals surface area contributed by atoms with Crippen molar-refractivity contribution in [2.75, 3.05) is 6.54 Å². The second-order valence-electron chi connectivity index (χ2n) is 7.02. The molecule has 4 nitrogen and oxygen atoms in total. The molecule has 2 fully saturated rings. The number of hydrogen-bond donors (Lipinski definition) is 1. The fraction of sp³-hybridized carbons (Fsp3) is 0.400. The number of carbonyl (C=O) groups is 2. The predicted molar refractivity (Wildman–Crippen MR) is 91.7 cm³/mol. The molecule has 2 aromatic rings. The van der Waals surface area contributed by atoms with Gasteiger partial charge in [-0.15, -0.1) is 0 Å². The van der Waals surface area contributed by atoms with Gasteiger partial charge in [0.15, 0.2) is 0 Å². The van der Waals surface area contributed by atoms with E-state index in [9.17, 15) is 14.7 Å². The SMILES string of the molecule is CC1C(C(=O)O)CCN1C(=O)C1CC1c1cccc2ccccc12. The molecule has 1 saturated carbocycles. The van der Waals surface area contributed by atoms with E-state index in [1.165, 1.54) is 16.3 Å². The number of likely N-dealkylation sites (tertiary alicyclic amines) is 1. The summed E-state index contributed by atoms with van der Waals surface area (Å²) in [4.78, 5) is 25.9. The molecule has 1 heterocycles. The lowest BCUT2D eigenvalue weighted by molar-refractivity contribution is -0.143. The third kappa shape index (κ3) is 2.37. The number of carboxylic acids is 1. The molecule has 4 rings (SSSR count). The van der Waals surface area contributed by atoms with E-state index in [1.807, 2.05) is 19.1 Å². The Morgan fingerprint density at radius 1 is 1.08 bits per heavy atom. The van der Waals surface area contributed by atoms with Crippen LogP contribution in [0.2, 0.25) is 0 Å². The Hall–Kier alpha value is -2.36. The van der Waals surface area contributed by atoms with Crippen molar-refractivity contribution in [3.05, 3.63) is 48.0 Å². The topological polar surface area (TPSA) is 57.6 Å². The van der Waals surface area contributed by atoms with Gasteiger partial charge in [-0.2, -0.15) is 0 Å². The van der Waals surface area contributed by atoms with Gasteiger partial charge >= 0.3 is 5.97 Å². The molecule has 2 aliphatic rings. The maximum absolute atomic E-state index is 12.8. The van der Waals surface area contributed by atoms with Gasteiger partial charge in [-0.1, -0.05) is 42.5 Å². The summed E-state index contributed by atoms with van der Waals surface area (Å²) < 4.78 is 0. The Morgan fingerprint density at radius 3 is 2.58 bits per heavy atom. The summed E-state index contributed by atoms with van der Waals surface area (Å²) in [5.41, 5.74) is 1.24. The summed E-state index contributed by atoms with van der Waals surface area (Å²) in [5, 5.41) is 11.7. The molecule has 1 amide bonds. The fourth-order valence-electron chi connectivity index (χ4n) is 4.18. The number of hydrogen-bond acceptors (Lipinski definition) is 2. The molecule has 2 aromatic carbocycles. The number of nitrogens with zero attached hydrogens (tertiary/aromatic N) is 1. The maximum Gasteiger partial charge on any atom is 0.308 e. The molecule has 24 heavy (non-hydrogen) atoms. The van der Waals surface area contributed by atoms with E-state index < -0.39 is 11.9 Å². The standard InChI is InChI=1S/C20H21NO3/c1-12-14(20(23)24)9-10-21(12)19(22)18-11-17(18)16-8-4-6-13-5-2-3-7-15(13)16/h2-8,12,14,17-18H,9-11H2,1H3,(H,23,24). The number of carbonyl (C=O) groups excluding carboxylic acids is 1. The van der Waals surface area contributed by atoms with Crippen LogP contribution in [0.5, 0.6) is 0 Å². The zero-order valence-electron chi connectivity index (χ0n) is 13.7. The van der Waals surface area contributed by atoms with Gasteiger partial charge in [0, 0.05) is 18.5 Å². The van der Waals surface area contributed by atoms with Crippen molar-refractivity contribution in [1.29, 1.82) is 0 Å². The Morgan fingerprint density at radius 2 is 1.83 bits per heavy atom. The molecule has 0 radical (unpaired) electrons. The lowest BCUT2D eigenvalue weighted by Crippen LogP contribution is -2.38. The van der Waals surface area contributed by atoms with Crippen LogP contribution in [0, 0.1) is 11.8 Å². The first-order chi connectivity index (χ1) is 11.6. The average molecular weight is 323 g/mol. The van der Waals surface area contributed by atoms with Gasteiger partial charge in [0.2, 0.25) is 5.91 Å². The highest BCUT2D eigenvalue weighted by Gasteiger charge is 2.49. The third-order valence-electron chi connectivity index (χ3n) is 5.69. The first-order valence-electron chi connectivity index (χ1n) is 8.59. The molecule has 4 heteroatoms. The summed E-state index contributed by atoms with van der Waals surface area (Å²) in [6.07, 6.45) is 1.43. The fourth-order valence-corrected chi connectivity index (χ4v) is 4.18. The summed E-state index contributed by atoms with van der Waals surface area (Å²) in [7, 11) is 0. The van der Waals surface area contributed by atoms with E-state index in [4.69, 9.17) is 0 Å². The van der Waals surface area contributed by atoms with Crippen molar-refractivity contribution in [3.63, 3.8) is 0 Å². The van der Waals surface area contributed by atoms with E-state index in [-0.39, 0.29) is 23.8 Å². The molecule has 1 saturated heterocycles. The summed E-state index contributed by atoms with van der Waals surface area (Å²) in [5.74, 6) is -0.822. The number of amides is 1. The molecular formula is C20H21NO3. The summed E-state index contributed by atoms with van der Waals surface area (Å²) >= 11 is 0. The van der Waals surface area contributed by atoms with Gasteiger partial charge in [0.1, 0.15) is 0 Å². The second-order valence-corrected chi connectivity index (χ2v) is 7.02. The molecule has 1 N–H and O–H groups in total. The van der Waals surface area contributed by atoms with Gasteiger partial charge in [-0.3, -0.25) is 9.59 Å². The van der Waals surface area contributed by atoms with Crippen molar-refractivity contribution in [2.24, 2.45) is 11.8 Å². The van der Waals surface area contributed by atoms with Crippen LogP contribution in [0.1, 0.15) is 31.2 Å². The van der Waals surface area contributed by atoms with Crippen LogP contribution in [0.4, 0.5) is 0 Å². The van der Waals surface area contributed by atoms with Crippen LogP contribution in [0.25, 0.3) is 10.8 Å². The van der Waals surface area contributed by atoms with Gasteiger partial charge in [0.05, 0.1) is 5.92 Å². The van der Waals surface area contributed by atoms with Crippen LogP contribution in [-0.2, 0) is 9.59 Å². The number of fused-ring (bicyclic) bond motifs is 1. The highest BCUT2D eigenvalue weighted by Crippen LogP contribution is 2.51. The molecule has 124 valence electrons. The Labute approximate surface area is 141 Å². The van der Waals surface area contributed by atoms with Crippen LogP contribution in [0.15, 0.2) is 42.5 Å². The Bertz CT molecular complexity index is 810. The molecule has 0 bridgehead atoms. The number of carboxylic acid groups (broad SMARTS) is 1. The third-order valence-corrected chi connectivity index (χ3v) is 5.69. The van der Waals surface area contributed by atoms with E-state index in [2.05, 4.69) is 30.3 Å². The molecule has 4 unspecified atom stereocenters. The van der Waals surface area contributed by atoms with Crippen LogP contribution in [-0.4, -0.2) is 34.5 Å². The first kappa shape index (κ1) is 15.2. The maximum atomic E-state index is 12.8. The van der Waals surface area contributed by atoms with E-state index in [0.29, 0.717) is 13.0 Å². The quantitative estimate of drug-likeness (QED) is 0.943. The summed E-state index contributed by atoms with van der Waals surface area (Å²) in [6, 6.07) is 14.3. The first-order valence-corrected chi connectivity index (χ1v) is 8.59. The van der Waals surface area contributed by atoms with Crippen LogP contribution in [0.3, 0.4) is 0 Å². The smallest absolute Gasteiger partial charge is 0.308 e.